The molecule has 0 saturated carbocycles. The summed E-state index contributed by atoms with van der Waals surface area (Å²) in [5.74, 6) is -0.488. The number of aliphatic hydroxyl groups is 2. The molecule has 0 spiro atoms. The molecule has 0 aromatic carbocycles. The Balaban J connectivity index is 4.60. The van der Waals surface area contributed by atoms with Gasteiger partial charge in [-0.2, -0.15) is 0 Å². The van der Waals surface area contributed by atoms with Gasteiger partial charge >= 0.3 is 5.97 Å². The molecule has 0 radical (unpaired) electrons. The fraction of sp³-hybridized carbons (Fsp3) is 0.821. The molecular weight excluding hydrogens is 767 g/mol. The molecule has 0 aromatic heterocycles. The van der Waals surface area contributed by atoms with Gasteiger partial charge in [-0.1, -0.05) is 236 Å². The van der Waals surface area contributed by atoms with Crippen LogP contribution in [0.5, 0.6) is 0 Å². The molecule has 3 unspecified atom stereocenters. The highest BCUT2D eigenvalue weighted by Gasteiger charge is 2.24. The number of aliphatic hydroxyl groups excluding tert-OH is 2. The first-order valence-corrected chi connectivity index (χ1v) is 26.9. The Hall–Kier alpha value is -2.18. The number of nitrogens with one attached hydrogen (secondary N) is 1. The molecule has 1 amide bonds. The highest BCUT2D eigenvalue weighted by atomic mass is 16.5. The van der Waals surface area contributed by atoms with Crippen molar-refractivity contribution in [1.82, 2.24) is 5.32 Å². The van der Waals surface area contributed by atoms with Gasteiger partial charge in [0, 0.05) is 6.42 Å². The van der Waals surface area contributed by atoms with E-state index in [1.807, 2.05) is 0 Å². The molecule has 0 aliphatic carbocycles. The standard InChI is InChI=1S/C56H103NO5/c1-4-7-10-13-16-19-22-25-27-30-32-35-38-41-44-47-52(62-56(61)49-46-43-40-37-34-31-28-26-23-20-17-14-11-8-5-2)50-55(60)57-53(51-58)54(59)48-45-42-39-36-33-29-24-21-18-15-12-9-6-3/h8,11,14,17,20,23,25,27,52-54,58-59H,4-7,9-10,12-13,15-16,18-19,21-22,24,26,28-51H2,1-3H3,(H,57,60)/b11-8+,17-14+,23-20+,27-25+. The second kappa shape index (κ2) is 49.8. The van der Waals surface area contributed by atoms with Gasteiger partial charge in [0.25, 0.3) is 0 Å². The molecule has 3 atom stereocenters. The SMILES string of the molecule is CC/C=C/C=C/C=C/CCCCCCCCCC(=O)OC(CCCCCCC/C=C/CCCCCCCC)CC(=O)NC(CO)C(O)CCCCCCCCCCCCCCC. The number of carbonyl (C=O) groups is 2. The van der Waals surface area contributed by atoms with Crippen LogP contribution in [-0.4, -0.2) is 46.9 Å². The third-order valence-electron chi connectivity index (χ3n) is 12.2. The number of rotatable bonds is 48. The number of hydrogen-bond acceptors (Lipinski definition) is 5. The normalized spacial score (nSPS) is 13.6. The van der Waals surface area contributed by atoms with Crippen LogP contribution < -0.4 is 5.32 Å². The summed E-state index contributed by atoms with van der Waals surface area (Å²) >= 11 is 0. The lowest BCUT2D eigenvalue weighted by molar-refractivity contribution is -0.151. The molecule has 0 rings (SSSR count). The Bertz CT molecular complexity index is 1070. The van der Waals surface area contributed by atoms with E-state index in [1.165, 1.54) is 148 Å². The van der Waals surface area contributed by atoms with Gasteiger partial charge in [-0.25, -0.2) is 0 Å². The first-order chi connectivity index (χ1) is 30.5. The van der Waals surface area contributed by atoms with Crippen LogP contribution >= 0.6 is 0 Å². The van der Waals surface area contributed by atoms with Crippen LogP contribution in [0.2, 0.25) is 0 Å². The first-order valence-electron chi connectivity index (χ1n) is 26.9. The van der Waals surface area contributed by atoms with E-state index in [0.717, 1.165) is 77.0 Å². The Labute approximate surface area is 385 Å². The Morgan fingerprint density at radius 1 is 0.484 bits per heavy atom. The zero-order valence-corrected chi connectivity index (χ0v) is 41.3. The van der Waals surface area contributed by atoms with Crippen LogP contribution in [0.15, 0.2) is 48.6 Å². The van der Waals surface area contributed by atoms with E-state index in [9.17, 15) is 19.8 Å². The van der Waals surface area contributed by atoms with Gasteiger partial charge in [0.2, 0.25) is 5.91 Å². The summed E-state index contributed by atoms with van der Waals surface area (Å²) in [6.07, 6.45) is 60.2. The second-order valence-corrected chi connectivity index (χ2v) is 18.3. The lowest BCUT2D eigenvalue weighted by atomic mass is 10.0. The van der Waals surface area contributed by atoms with Crippen molar-refractivity contribution in [2.75, 3.05) is 6.61 Å². The van der Waals surface area contributed by atoms with Crippen LogP contribution in [0.25, 0.3) is 0 Å². The maximum Gasteiger partial charge on any atom is 0.306 e. The van der Waals surface area contributed by atoms with Crippen molar-refractivity contribution in [3.8, 4) is 0 Å². The minimum atomic E-state index is -0.791. The predicted octanol–water partition coefficient (Wildman–Crippen LogP) is 16.2. The largest absolute Gasteiger partial charge is 0.462 e. The minimum absolute atomic E-state index is 0.0679. The van der Waals surface area contributed by atoms with E-state index in [2.05, 4.69) is 74.7 Å². The quantitative estimate of drug-likeness (QED) is 0.0245. The third kappa shape index (κ3) is 44.4. The van der Waals surface area contributed by atoms with Crippen LogP contribution in [0, 0.1) is 0 Å². The molecule has 6 heteroatoms. The summed E-state index contributed by atoms with van der Waals surface area (Å²) in [4.78, 5) is 26.2. The molecule has 362 valence electrons. The Morgan fingerprint density at radius 2 is 0.887 bits per heavy atom. The van der Waals surface area contributed by atoms with Crippen LogP contribution in [-0.2, 0) is 14.3 Å². The molecule has 0 heterocycles. The van der Waals surface area contributed by atoms with Gasteiger partial charge in [0.15, 0.2) is 0 Å². The average molecular weight is 870 g/mol. The highest BCUT2D eigenvalue weighted by Crippen LogP contribution is 2.18. The number of carbonyl (C=O) groups excluding carboxylic acids is 2. The third-order valence-corrected chi connectivity index (χ3v) is 12.2. The van der Waals surface area contributed by atoms with Gasteiger partial charge in [-0.05, 0) is 70.6 Å². The van der Waals surface area contributed by atoms with Crippen molar-refractivity contribution < 1.29 is 24.5 Å². The zero-order chi connectivity index (χ0) is 45.2. The van der Waals surface area contributed by atoms with Crippen LogP contribution in [0.1, 0.15) is 271 Å². The molecule has 0 aliphatic heterocycles. The highest BCUT2D eigenvalue weighted by molar-refractivity contribution is 5.77. The van der Waals surface area contributed by atoms with Crippen molar-refractivity contribution in [3.05, 3.63) is 48.6 Å². The van der Waals surface area contributed by atoms with Gasteiger partial charge in [-0.15, -0.1) is 0 Å². The van der Waals surface area contributed by atoms with E-state index < -0.39 is 18.2 Å². The topological polar surface area (TPSA) is 95.9 Å². The molecule has 0 fully saturated rings. The molecule has 0 aliphatic rings. The van der Waals surface area contributed by atoms with E-state index in [-0.39, 0.29) is 24.9 Å². The van der Waals surface area contributed by atoms with Gasteiger partial charge < -0.3 is 20.3 Å². The Morgan fingerprint density at radius 3 is 1.35 bits per heavy atom. The van der Waals surface area contributed by atoms with E-state index >= 15 is 0 Å². The monoisotopic (exact) mass is 870 g/mol. The summed E-state index contributed by atoms with van der Waals surface area (Å²) in [6.45, 7) is 6.36. The lowest BCUT2D eigenvalue weighted by Crippen LogP contribution is -2.46. The van der Waals surface area contributed by atoms with Crippen molar-refractivity contribution in [2.24, 2.45) is 0 Å². The van der Waals surface area contributed by atoms with Crippen LogP contribution in [0.4, 0.5) is 0 Å². The molecule has 0 aromatic rings. The molecule has 0 saturated heterocycles. The van der Waals surface area contributed by atoms with Gasteiger partial charge in [0.1, 0.15) is 6.10 Å². The van der Waals surface area contributed by atoms with E-state index in [1.54, 1.807) is 0 Å². The molecular formula is C56H103NO5. The zero-order valence-electron chi connectivity index (χ0n) is 41.3. The summed E-state index contributed by atoms with van der Waals surface area (Å²) in [5, 5.41) is 23.8. The number of ether oxygens (including phenoxy) is 1. The number of unbranched alkanes of at least 4 members (excludes halogenated alkanes) is 30. The molecule has 3 N–H and O–H groups in total. The maximum atomic E-state index is 13.2. The van der Waals surface area contributed by atoms with Crippen molar-refractivity contribution in [1.29, 1.82) is 0 Å². The second-order valence-electron chi connectivity index (χ2n) is 18.3. The first kappa shape index (κ1) is 59.8. The lowest BCUT2D eigenvalue weighted by Gasteiger charge is -2.24. The van der Waals surface area contributed by atoms with Crippen LogP contribution in [0.3, 0.4) is 0 Å². The number of esters is 1. The van der Waals surface area contributed by atoms with Gasteiger partial charge in [-0.3, -0.25) is 9.59 Å². The molecule has 0 bridgehead atoms. The molecule has 62 heavy (non-hydrogen) atoms. The van der Waals surface area contributed by atoms with Crippen molar-refractivity contribution in [3.63, 3.8) is 0 Å². The number of amides is 1. The fourth-order valence-electron chi connectivity index (χ4n) is 8.13. The number of hydrogen-bond donors (Lipinski definition) is 3. The predicted molar refractivity (Wildman–Crippen MR) is 269 cm³/mol. The summed E-state index contributed by atoms with van der Waals surface area (Å²) in [7, 11) is 0. The van der Waals surface area contributed by atoms with E-state index in [4.69, 9.17) is 4.74 Å². The van der Waals surface area contributed by atoms with Crippen molar-refractivity contribution >= 4 is 11.9 Å². The fourth-order valence-corrected chi connectivity index (χ4v) is 8.13. The summed E-state index contributed by atoms with van der Waals surface area (Å²) in [5.41, 5.74) is 0. The number of allylic oxidation sites excluding steroid dienone is 8. The minimum Gasteiger partial charge on any atom is -0.462 e. The maximum absolute atomic E-state index is 13.2. The van der Waals surface area contributed by atoms with Crippen molar-refractivity contribution in [2.45, 2.75) is 289 Å². The summed E-state index contributed by atoms with van der Waals surface area (Å²) in [6, 6.07) is -0.706. The van der Waals surface area contributed by atoms with E-state index in [0.29, 0.717) is 19.3 Å². The molecule has 6 nitrogen and oxygen atoms in total. The van der Waals surface area contributed by atoms with Gasteiger partial charge in [0.05, 0.1) is 25.2 Å². The average Bonchev–Trinajstić information content (AvgIpc) is 3.26. The Kier molecular flexibility index (Phi) is 48.1. The summed E-state index contributed by atoms with van der Waals surface area (Å²) < 4.78 is 5.94. The smallest absolute Gasteiger partial charge is 0.306 e.